The smallest absolute Gasteiger partial charge is 0.220 e. The fourth-order valence-corrected chi connectivity index (χ4v) is 0.840. The van der Waals surface area contributed by atoms with Gasteiger partial charge in [0.25, 0.3) is 0 Å². The molecule has 0 saturated heterocycles. The molecule has 0 aliphatic heterocycles. The highest BCUT2D eigenvalue weighted by atomic mass is 16.2. The van der Waals surface area contributed by atoms with Crippen LogP contribution in [0, 0.1) is 0 Å². The highest BCUT2D eigenvalue weighted by Gasteiger charge is 2.14. The average molecular weight is 172 g/mol. The number of nitrogens with two attached hydrogens (primary N) is 1. The minimum Gasteiger partial charge on any atom is -0.346 e. The van der Waals surface area contributed by atoms with Gasteiger partial charge in [-0.1, -0.05) is 6.92 Å². The van der Waals surface area contributed by atoms with Gasteiger partial charge < -0.3 is 11.1 Å². The molecule has 0 fully saturated rings. The molecule has 0 aromatic rings. The van der Waals surface area contributed by atoms with E-state index in [1.807, 2.05) is 0 Å². The second-order valence-electron chi connectivity index (χ2n) is 2.66. The predicted octanol–water partition coefficient (Wildman–Crippen LogP) is -0.181. The summed E-state index contributed by atoms with van der Waals surface area (Å²) in [6.07, 6.45) is 0.912. The van der Waals surface area contributed by atoms with Crippen LogP contribution in [0.2, 0.25) is 0 Å². The lowest BCUT2D eigenvalue weighted by Crippen LogP contribution is -2.40. The number of carbonyl (C=O) groups is 2. The molecule has 0 heterocycles. The molecule has 1 atom stereocenters. The van der Waals surface area contributed by atoms with Crippen LogP contribution in [0.15, 0.2) is 0 Å². The number of amides is 1. The lowest BCUT2D eigenvalue weighted by atomic mass is 10.1. The first kappa shape index (κ1) is 11.1. The number of hydrogen-bond acceptors (Lipinski definition) is 3. The van der Waals surface area contributed by atoms with Gasteiger partial charge in [-0.2, -0.15) is 0 Å². The van der Waals surface area contributed by atoms with Crippen molar-refractivity contribution < 1.29 is 9.59 Å². The van der Waals surface area contributed by atoms with Gasteiger partial charge in [0.2, 0.25) is 5.91 Å². The third-order valence-electron chi connectivity index (χ3n) is 1.60. The van der Waals surface area contributed by atoms with E-state index in [9.17, 15) is 9.59 Å². The van der Waals surface area contributed by atoms with E-state index < -0.39 is 6.04 Å². The fourth-order valence-electron chi connectivity index (χ4n) is 0.840. The molecule has 4 heteroatoms. The molecule has 0 radical (unpaired) electrons. The van der Waals surface area contributed by atoms with Crippen molar-refractivity contribution in [1.82, 2.24) is 5.32 Å². The Morgan fingerprint density at radius 2 is 2.08 bits per heavy atom. The molecule has 0 saturated carbocycles. The van der Waals surface area contributed by atoms with E-state index in [4.69, 9.17) is 5.73 Å². The summed E-state index contributed by atoms with van der Waals surface area (Å²) in [7, 11) is 0. The molecule has 1 amide bonds. The van der Waals surface area contributed by atoms with Crippen molar-refractivity contribution in [3.8, 4) is 0 Å². The molecule has 0 spiro atoms. The topological polar surface area (TPSA) is 72.2 Å². The van der Waals surface area contributed by atoms with Gasteiger partial charge in [-0.05, 0) is 19.9 Å². The van der Waals surface area contributed by atoms with Crippen molar-refractivity contribution in [3.05, 3.63) is 0 Å². The average Bonchev–Trinajstić information content (AvgIpc) is 2.03. The van der Waals surface area contributed by atoms with Gasteiger partial charge >= 0.3 is 0 Å². The van der Waals surface area contributed by atoms with Crippen molar-refractivity contribution >= 4 is 11.7 Å². The van der Waals surface area contributed by atoms with Crippen molar-refractivity contribution in [1.29, 1.82) is 0 Å². The van der Waals surface area contributed by atoms with Crippen LogP contribution in [0.25, 0.3) is 0 Å². The highest BCUT2D eigenvalue weighted by molar-refractivity contribution is 5.87. The van der Waals surface area contributed by atoms with Crippen LogP contribution < -0.4 is 11.1 Å². The minimum atomic E-state index is -0.401. The van der Waals surface area contributed by atoms with Crippen molar-refractivity contribution in [2.75, 3.05) is 6.54 Å². The van der Waals surface area contributed by atoms with Gasteiger partial charge in [0.15, 0.2) is 5.78 Å². The van der Waals surface area contributed by atoms with Gasteiger partial charge in [0, 0.05) is 6.42 Å². The first-order chi connectivity index (χ1) is 5.61. The van der Waals surface area contributed by atoms with Crippen LogP contribution in [-0.2, 0) is 9.59 Å². The van der Waals surface area contributed by atoms with Crippen LogP contribution in [0.1, 0.15) is 26.7 Å². The fraction of sp³-hybridized carbons (Fsp3) is 0.750. The monoisotopic (exact) mass is 172 g/mol. The van der Waals surface area contributed by atoms with Crippen molar-refractivity contribution in [3.63, 3.8) is 0 Å². The first-order valence-corrected chi connectivity index (χ1v) is 4.11. The molecule has 0 aliphatic carbocycles. The SMILES string of the molecule is CCC(=O)NC(CCN)C(C)=O. The maximum absolute atomic E-state index is 10.9. The lowest BCUT2D eigenvalue weighted by molar-refractivity contribution is -0.126. The number of carbonyl (C=O) groups excluding carboxylic acids is 2. The molecule has 0 rings (SSSR count). The number of hydrogen-bond donors (Lipinski definition) is 2. The molecule has 70 valence electrons. The molecule has 0 aromatic heterocycles. The zero-order valence-electron chi connectivity index (χ0n) is 7.59. The Balaban J connectivity index is 3.95. The molecular formula is C8H16N2O2. The summed E-state index contributed by atoms with van der Waals surface area (Å²) in [5.41, 5.74) is 5.28. The summed E-state index contributed by atoms with van der Waals surface area (Å²) in [5.74, 6) is -0.147. The van der Waals surface area contributed by atoms with E-state index in [-0.39, 0.29) is 11.7 Å². The lowest BCUT2D eigenvalue weighted by Gasteiger charge is -2.13. The number of ketones is 1. The summed E-state index contributed by atoms with van der Waals surface area (Å²) in [6.45, 7) is 3.61. The van der Waals surface area contributed by atoms with Crippen molar-refractivity contribution in [2.24, 2.45) is 5.73 Å². The second kappa shape index (κ2) is 5.71. The van der Waals surface area contributed by atoms with Crippen LogP contribution >= 0.6 is 0 Å². The van der Waals surface area contributed by atoms with Crippen LogP contribution in [0.4, 0.5) is 0 Å². The quantitative estimate of drug-likeness (QED) is 0.604. The Hall–Kier alpha value is -0.900. The molecular weight excluding hydrogens is 156 g/mol. The standard InChI is InChI=1S/C8H16N2O2/c1-3-8(12)10-7(4-5-9)6(2)11/h7H,3-5,9H2,1-2H3,(H,10,12). The summed E-state index contributed by atoms with van der Waals surface area (Å²) in [6, 6.07) is -0.401. The van der Waals surface area contributed by atoms with Gasteiger partial charge in [0.05, 0.1) is 6.04 Å². The zero-order valence-corrected chi connectivity index (χ0v) is 7.59. The summed E-state index contributed by atoms with van der Waals surface area (Å²) < 4.78 is 0. The number of Topliss-reactive ketones (excluding diaryl/α,β-unsaturated/α-hetero) is 1. The van der Waals surface area contributed by atoms with E-state index in [1.165, 1.54) is 6.92 Å². The van der Waals surface area contributed by atoms with E-state index in [0.29, 0.717) is 19.4 Å². The van der Waals surface area contributed by atoms with E-state index in [2.05, 4.69) is 5.32 Å². The maximum atomic E-state index is 10.9. The minimum absolute atomic E-state index is 0.0396. The van der Waals surface area contributed by atoms with Crippen molar-refractivity contribution in [2.45, 2.75) is 32.7 Å². The third-order valence-corrected chi connectivity index (χ3v) is 1.60. The zero-order chi connectivity index (χ0) is 9.56. The second-order valence-corrected chi connectivity index (χ2v) is 2.66. The first-order valence-electron chi connectivity index (χ1n) is 4.11. The van der Waals surface area contributed by atoms with E-state index in [1.54, 1.807) is 6.92 Å². The van der Waals surface area contributed by atoms with Crippen LogP contribution in [0.5, 0.6) is 0 Å². The summed E-state index contributed by atoms with van der Waals surface area (Å²) >= 11 is 0. The Morgan fingerprint density at radius 1 is 1.50 bits per heavy atom. The molecule has 0 aliphatic rings. The molecule has 0 aromatic carbocycles. The molecule has 12 heavy (non-hydrogen) atoms. The van der Waals surface area contributed by atoms with Crippen LogP contribution in [-0.4, -0.2) is 24.3 Å². The Morgan fingerprint density at radius 3 is 2.42 bits per heavy atom. The third kappa shape index (κ3) is 4.08. The van der Waals surface area contributed by atoms with E-state index in [0.717, 1.165) is 0 Å². The Labute approximate surface area is 72.5 Å². The molecule has 0 bridgehead atoms. The largest absolute Gasteiger partial charge is 0.346 e. The Kier molecular flexibility index (Phi) is 5.28. The number of rotatable bonds is 5. The highest BCUT2D eigenvalue weighted by Crippen LogP contribution is 1.92. The Bertz CT molecular complexity index is 166. The van der Waals surface area contributed by atoms with Gasteiger partial charge in [-0.15, -0.1) is 0 Å². The van der Waals surface area contributed by atoms with Gasteiger partial charge in [-0.25, -0.2) is 0 Å². The summed E-state index contributed by atoms with van der Waals surface area (Å²) in [4.78, 5) is 21.8. The number of nitrogens with one attached hydrogen (secondary N) is 1. The van der Waals surface area contributed by atoms with Gasteiger partial charge in [-0.3, -0.25) is 9.59 Å². The van der Waals surface area contributed by atoms with Crippen LogP contribution in [0.3, 0.4) is 0 Å². The normalized spacial score (nSPS) is 12.2. The molecule has 4 nitrogen and oxygen atoms in total. The maximum Gasteiger partial charge on any atom is 0.220 e. The predicted molar refractivity (Wildman–Crippen MR) is 46.6 cm³/mol. The molecule has 1 unspecified atom stereocenters. The molecule has 3 N–H and O–H groups in total. The summed E-state index contributed by atoms with van der Waals surface area (Å²) in [5, 5.41) is 2.60. The van der Waals surface area contributed by atoms with Gasteiger partial charge in [0.1, 0.15) is 0 Å². The van der Waals surface area contributed by atoms with E-state index >= 15 is 0 Å².